The van der Waals surface area contributed by atoms with Gasteiger partial charge >= 0.3 is 6.36 Å². The number of halogens is 4. The highest BCUT2D eigenvalue weighted by Gasteiger charge is 2.32. The molecular weight excluding hydrogens is 434 g/mol. The molecule has 1 unspecified atom stereocenters. The normalized spacial score (nSPS) is 20.3. The van der Waals surface area contributed by atoms with Gasteiger partial charge in [0.2, 0.25) is 0 Å². The van der Waals surface area contributed by atoms with E-state index in [0.717, 1.165) is 48.0 Å². The van der Waals surface area contributed by atoms with Crippen molar-refractivity contribution in [3.05, 3.63) is 65.9 Å². The van der Waals surface area contributed by atoms with Gasteiger partial charge in [0.1, 0.15) is 17.4 Å². The van der Waals surface area contributed by atoms with Gasteiger partial charge in [-0.25, -0.2) is 9.37 Å². The van der Waals surface area contributed by atoms with Crippen LogP contribution in [0, 0.1) is 11.7 Å². The first-order valence-electron chi connectivity index (χ1n) is 11.1. The SMILES string of the molecule is CC(c1nc2cc(OC(F)(F)F)ccc2[nH]1)[C@H]1CC[C@@H](c2ccnc3ccc(F)cc32)CC1. The molecule has 4 nitrogen and oxygen atoms in total. The summed E-state index contributed by atoms with van der Waals surface area (Å²) in [5.74, 6) is 1.12. The van der Waals surface area contributed by atoms with E-state index >= 15 is 0 Å². The fourth-order valence-corrected chi connectivity index (χ4v) is 5.07. The number of imidazole rings is 1. The molecule has 2 aromatic heterocycles. The first kappa shape index (κ1) is 21.7. The standard InChI is InChI=1S/C25H23F4N3O/c1-14(24-31-22-9-7-18(13-23(22)32-24)33-25(27,28)29)15-2-4-16(5-3-15)19-10-11-30-21-8-6-17(26)12-20(19)21/h6-16H,2-5H2,1H3,(H,31,32)/t14?,15-,16+. The maximum atomic E-state index is 13.8. The van der Waals surface area contributed by atoms with Crippen molar-refractivity contribution in [1.82, 2.24) is 15.0 Å². The minimum Gasteiger partial charge on any atom is -0.406 e. The molecule has 1 saturated carbocycles. The average molecular weight is 457 g/mol. The lowest BCUT2D eigenvalue weighted by Gasteiger charge is -2.32. The van der Waals surface area contributed by atoms with Crippen molar-refractivity contribution in [1.29, 1.82) is 0 Å². The summed E-state index contributed by atoms with van der Waals surface area (Å²) in [5.41, 5.74) is 3.09. The van der Waals surface area contributed by atoms with E-state index in [1.54, 1.807) is 24.4 Å². The summed E-state index contributed by atoms with van der Waals surface area (Å²) in [6, 6.07) is 10.9. The van der Waals surface area contributed by atoms with Crippen LogP contribution in [0.4, 0.5) is 17.6 Å². The topological polar surface area (TPSA) is 50.8 Å². The Balaban J connectivity index is 1.30. The zero-order chi connectivity index (χ0) is 23.2. The Morgan fingerprint density at radius 2 is 1.79 bits per heavy atom. The van der Waals surface area contributed by atoms with E-state index in [2.05, 4.69) is 26.6 Å². The summed E-state index contributed by atoms with van der Waals surface area (Å²) in [6.07, 6.45) is 0.998. The van der Waals surface area contributed by atoms with Gasteiger partial charge < -0.3 is 9.72 Å². The van der Waals surface area contributed by atoms with Gasteiger partial charge in [-0.15, -0.1) is 13.2 Å². The van der Waals surface area contributed by atoms with Crippen LogP contribution in [0.5, 0.6) is 5.75 Å². The molecular formula is C25H23F4N3O. The van der Waals surface area contributed by atoms with Crippen molar-refractivity contribution in [3.8, 4) is 5.75 Å². The molecule has 4 aromatic rings. The van der Waals surface area contributed by atoms with Crippen LogP contribution < -0.4 is 4.74 Å². The van der Waals surface area contributed by atoms with Gasteiger partial charge in [0, 0.05) is 23.6 Å². The van der Waals surface area contributed by atoms with Gasteiger partial charge in [0.05, 0.1) is 16.6 Å². The zero-order valence-electron chi connectivity index (χ0n) is 18.0. The fraction of sp³-hybridized carbons (Fsp3) is 0.360. The van der Waals surface area contributed by atoms with Gasteiger partial charge in [-0.05, 0) is 79.5 Å². The number of benzene rings is 2. The zero-order valence-corrected chi connectivity index (χ0v) is 18.0. The molecule has 5 rings (SSSR count). The van der Waals surface area contributed by atoms with Crippen molar-refractivity contribution in [2.75, 3.05) is 0 Å². The highest BCUT2D eigenvalue weighted by molar-refractivity contribution is 5.82. The second kappa shape index (κ2) is 8.32. The molecule has 1 atom stereocenters. The minimum atomic E-state index is -4.73. The number of H-pyrrole nitrogens is 1. The number of nitrogens with one attached hydrogen (secondary N) is 1. The Kier molecular flexibility index (Phi) is 5.46. The van der Waals surface area contributed by atoms with Gasteiger partial charge in [-0.2, -0.15) is 0 Å². The molecule has 0 radical (unpaired) electrons. The molecule has 1 aliphatic carbocycles. The lowest BCUT2D eigenvalue weighted by Crippen LogP contribution is -2.19. The summed E-state index contributed by atoms with van der Waals surface area (Å²) in [7, 11) is 0. The minimum absolute atomic E-state index is 0.136. The van der Waals surface area contributed by atoms with Crippen LogP contribution in [-0.4, -0.2) is 21.3 Å². The summed E-state index contributed by atoms with van der Waals surface area (Å²) < 4.78 is 55.4. The number of rotatable bonds is 4. The summed E-state index contributed by atoms with van der Waals surface area (Å²) >= 11 is 0. The molecule has 1 N–H and O–H groups in total. The second-order valence-corrected chi connectivity index (χ2v) is 8.81. The maximum Gasteiger partial charge on any atom is 0.573 e. The molecule has 0 saturated heterocycles. The van der Waals surface area contributed by atoms with Gasteiger partial charge in [0.15, 0.2) is 0 Å². The van der Waals surface area contributed by atoms with E-state index in [1.165, 1.54) is 18.2 Å². The van der Waals surface area contributed by atoms with Crippen molar-refractivity contribution < 1.29 is 22.3 Å². The molecule has 0 amide bonds. The highest BCUT2D eigenvalue weighted by atomic mass is 19.4. The van der Waals surface area contributed by atoms with Crippen LogP contribution >= 0.6 is 0 Å². The smallest absolute Gasteiger partial charge is 0.406 e. The molecule has 0 spiro atoms. The largest absolute Gasteiger partial charge is 0.573 e. The molecule has 33 heavy (non-hydrogen) atoms. The summed E-state index contributed by atoms with van der Waals surface area (Å²) in [5, 5.41) is 0.878. The number of hydrogen-bond donors (Lipinski definition) is 1. The van der Waals surface area contributed by atoms with Crippen LogP contribution in [-0.2, 0) is 0 Å². The second-order valence-electron chi connectivity index (χ2n) is 8.81. The van der Waals surface area contributed by atoms with E-state index in [1.807, 2.05) is 6.07 Å². The number of nitrogens with zero attached hydrogens (tertiary/aromatic N) is 2. The average Bonchev–Trinajstić information content (AvgIpc) is 3.20. The van der Waals surface area contributed by atoms with Gasteiger partial charge in [-0.3, -0.25) is 4.98 Å². The number of fused-ring (bicyclic) bond motifs is 2. The Morgan fingerprint density at radius 3 is 2.55 bits per heavy atom. The monoisotopic (exact) mass is 457 g/mol. The molecule has 8 heteroatoms. The van der Waals surface area contributed by atoms with E-state index in [4.69, 9.17) is 0 Å². The lowest BCUT2D eigenvalue weighted by atomic mass is 9.73. The first-order valence-corrected chi connectivity index (χ1v) is 11.1. The van der Waals surface area contributed by atoms with E-state index in [9.17, 15) is 17.6 Å². The van der Waals surface area contributed by atoms with Crippen molar-refractivity contribution in [3.63, 3.8) is 0 Å². The quantitative estimate of drug-likeness (QED) is 0.329. The van der Waals surface area contributed by atoms with Crippen molar-refractivity contribution >= 4 is 21.9 Å². The van der Waals surface area contributed by atoms with Gasteiger partial charge in [-0.1, -0.05) is 6.92 Å². The van der Waals surface area contributed by atoms with Crippen molar-refractivity contribution in [2.24, 2.45) is 5.92 Å². The third-order valence-electron chi connectivity index (χ3n) is 6.79. The highest BCUT2D eigenvalue weighted by Crippen LogP contribution is 2.43. The third-order valence-corrected chi connectivity index (χ3v) is 6.79. The molecule has 0 bridgehead atoms. The predicted octanol–water partition coefficient (Wildman–Crippen LogP) is 7.23. The number of hydrogen-bond acceptors (Lipinski definition) is 3. The van der Waals surface area contributed by atoms with Crippen LogP contribution in [0.2, 0.25) is 0 Å². The summed E-state index contributed by atoms with van der Waals surface area (Å²) in [4.78, 5) is 12.2. The fourth-order valence-electron chi connectivity index (χ4n) is 5.07. The molecule has 2 aromatic carbocycles. The molecule has 0 aliphatic heterocycles. The van der Waals surface area contributed by atoms with Crippen LogP contribution in [0.15, 0.2) is 48.7 Å². The Bertz CT molecular complexity index is 1290. The maximum absolute atomic E-state index is 13.8. The molecule has 2 heterocycles. The summed E-state index contributed by atoms with van der Waals surface area (Å²) in [6.45, 7) is 2.10. The number of alkyl halides is 3. The first-order chi connectivity index (χ1) is 15.8. The Hall–Kier alpha value is -3.16. The van der Waals surface area contributed by atoms with Gasteiger partial charge in [0.25, 0.3) is 0 Å². The van der Waals surface area contributed by atoms with E-state index in [0.29, 0.717) is 22.9 Å². The van der Waals surface area contributed by atoms with Crippen LogP contribution in [0.25, 0.3) is 21.9 Å². The number of aromatic nitrogens is 3. The predicted molar refractivity (Wildman–Crippen MR) is 118 cm³/mol. The van der Waals surface area contributed by atoms with E-state index < -0.39 is 6.36 Å². The molecule has 1 aliphatic rings. The lowest BCUT2D eigenvalue weighted by molar-refractivity contribution is -0.274. The third kappa shape index (κ3) is 4.51. The number of ether oxygens (including phenoxy) is 1. The number of aromatic amines is 1. The van der Waals surface area contributed by atoms with Crippen LogP contribution in [0.1, 0.15) is 55.8 Å². The number of pyridine rings is 1. The Morgan fingerprint density at radius 1 is 1.00 bits per heavy atom. The molecule has 172 valence electrons. The van der Waals surface area contributed by atoms with Crippen LogP contribution in [0.3, 0.4) is 0 Å². The Labute approximate surface area is 188 Å². The van der Waals surface area contributed by atoms with E-state index in [-0.39, 0.29) is 17.5 Å². The molecule has 1 fully saturated rings. The van der Waals surface area contributed by atoms with Crippen molar-refractivity contribution in [2.45, 2.75) is 50.8 Å².